The van der Waals surface area contributed by atoms with E-state index < -0.39 is 0 Å². The summed E-state index contributed by atoms with van der Waals surface area (Å²) in [6.07, 6.45) is 12.7. The van der Waals surface area contributed by atoms with Gasteiger partial charge in [-0.15, -0.1) is 0 Å². The summed E-state index contributed by atoms with van der Waals surface area (Å²) in [5.74, 6) is 1.92. The Labute approximate surface area is 118 Å². The molecule has 2 rings (SSSR count). The normalized spacial score (nSPS) is 29.4. The van der Waals surface area contributed by atoms with Gasteiger partial charge in [0.15, 0.2) is 0 Å². The molecule has 2 aliphatic carbocycles. The second-order valence-corrected chi connectivity index (χ2v) is 6.97. The summed E-state index contributed by atoms with van der Waals surface area (Å²) in [6, 6.07) is 0. The monoisotopic (exact) mass is 266 g/mol. The zero-order valence-corrected chi connectivity index (χ0v) is 12.7. The number of ether oxygens (including phenoxy) is 1. The second-order valence-electron chi connectivity index (χ2n) is 6.97. The van der Waals surface area contributed by atoms with Crippen LogP contribution in [0.1, 0.15) is 78.1 Å². The van der Waals surface area contributed by atoms with E-state index in [0.29, 0.717) is 18.3 Å². The minimum atomic E-state index is 0.0303. The fourth-order valence-corrected chi connectivity index (χ4v) is 3.92. The third-order valence-corrected chi connectivity index (χ3v) is 4.87. The number of carbonyl (C=O) groups excluding carboxylic acids is 1. The van der Waals surface area contributed by atoms with Crippen molar-refractivity contribution in [2.75, 3.05) is 0 Å². The lowest BCUT2D eigenvalue weighted by Gasteiger charge is -2.38. The van der Waals surface area contributed by atoms with E-state index in [1.165, 1.54) is 51.4 Å². The first-order valence-corrected chi connectivity index (χ1v) is 8.36. The van der Waals surface area contributed by atoms with Crippen molar-refractivity contribution in [2.24, 2.45) is 17.8 Å². The average Bonchev–Trinajstić information content (AvgIpc) is 2.39. The zero-order chi connectivity index (χ0) is 13.7. The standard InChI is InChI=1S/C17H30O2/c1-13(2)12-17(18)19-16-11-7-6-10-15(16)14-8-4-3-5-9-14/h13-16H,3-12H2,1-2H3/t15-,16+/m1/s1. The number of rotatable bonds is 4. The van der Waals surface area contributed by atoms with Crippen LogP contribution in [0.15, 0.2) is 0 Å². The number of esters is 1. The smallest absolute Gasteiger partial charge is 0.306 e. The van der Waals surface area contributed by atoms with Crippen LogP contribution in [0.3, 0.4) is 0 Å². The largest absolute Gasteiger partial charge is 0.462 e. The molecule has 110 valence electrons. The Morgan fingerprint density at radius 2 is 1.63 bits per heavy atom. The first kappa shape index (κ1) is 14.9. The van der Waals surface area contributed by atoms with Gasteiger partial charge in [0.25, 0.3) is 0 Å². The quantitative estimate of drug-likeness (QED) is 0.688. The van der Waals surface area contributed by atoms with E-state index in [0.717, 1.165) is 12.3 Å². The molecule has 2 saturated carbocycles. The molecular formula is C17H30O2. The summed E-state index contributed by atoms with van der Waals surface area (Å²) in [6.45, 7) is 4.17. The predicted octanol–water partition coefficient (Wildman–Crippen LogP) is 4.71. The maximum absolute atomic E-state index is 11.9. The Hall–Kier alpha value is -0.530. The van der Waals surface area contributed by atoms with Crippen molar-refractivity contribution in [3.63, 3.8) is 0 Å². The summed E-state index contributed by atoms with van der Waals surface area (Å²) in [5, 5.41) is 0. The van der Waals surface area contributed by atoms with Crippen LogP contribution in [0.25, 0.3) is 0 Å². The highest BCUT2D eigenvalue weighted by atomic mass is 16.5. The molecule has 2 atom stereocenters. The molecule has 0 aliphatic heterocycles. The minimum Gasteiger partial charge on any atom is -0.462 e. The molecule has 2 heteroatoms. The zero-order valence-electron chi connectivity index (χ0n) is 12.7. The van der Waals surface area contributed by atoms with Gasteiger partial charge in [0.2, 0.25) is 0 Å². The van der Waals surface area contributed by atoms with Crippen LogP contribution in [-0.2, 0) is 9.53 Å². The van der Waals surface area contributed by atoms with Crippen molar-refractivity contribution in [3.05, 3.63) is 0 Å². The molecule has 0 N–H and O–H groups in total. The first-order valence-electron chi connectivity index (χ1n) is 8.36. The lowest BCUT2D eigenvalue weighted by molar-refractivity contribution is -0.156. The Balaban J connectivity index is 1.89. The van der Waals surface area contributed by atoms with Crippen LogP contribution < -0.4 is 0 Å². The molecule has 0 aromatic carbocycles. The SMILES string of the molecule is CC(C)CC(=O)O[C@H]1CCCC[C@@H]1C1CCCCC1. The first-order chi connectivity index (χ1) is 9.16. The van der Waals surface area contributed by atoms with E-state index in [1.807, 2.05) is 0 Å². The fourth-order valence-electron chi connectivity index (χ4n) is 3.92. The highest BCUT2D eigenvalue weighted by Gasteiger charge is 2.34. The van der Waals surface area contributed by atoms with Crippen molar-refractivity contribution < 1.29 is 9.53 Å². The van der Waals surface area contributed by atoms with E-state index in [9.17, 15) is 4.79 Å². The third-order valence-electron chi connectivity index (χ3n) is 4.87. The molecular weight excluding hydrogens is 236 g/mol. The van der Waals surface area contributed by atoms with Gasteiger partial charge in [0.05, 0.1) is 0 Å². The van der Waals surface area contributed by atoms with Crippen molar-refractivity contribution in [2.45, 2.75) is 84.2 Å². The Morgan fingerprint density at radius 3 is 2.32 bits per heavy atom. The maximum Gasteiger partial charge on any atom is 0.306 e. The molecule has 2 nitrogen and oxygen atoms in total. The number of carbonyl (C=O) groups is 1. The van der Waals surface area contributed by atoms with E-state index in [1.54, 1.807) is 0 Å². The van der Waals surface area contributed by atoms with Gasteiger partial charge in [-0.3, -0.25) is 4.79 Å². The number of hydrogen-bond acceptors (Lipinski definition) is 2. The highest BCUT2D eigenvalue weighted by Crippen LogP contribution is 2.39. The lowest BCUT2D eigenvalue weighted by Crippen LogP contribution is -2.36. The summed E-state index contributed by atoms with van der Waals surface area (Å²) >= 11 is 0. The van der Waals surface area contributed by atoms with Crippen LogP contribution in [-0.4, -0.2) is 12.1 Å². The fraction of sp³-hybridized carbons (Fsp3) is 0.941. The average molecular weight is 266 g/mol. The van der Waals surface area contributed by atoms with Crippen LogP contribution in [0.5, 0.6) is 0 Å². The lowest BCUT2D eigenvalue weighted by atomic mass is 9.72. The summed E-state index contributed by atoms with van der Waals surface area (Å²) in [7, 11) is 0. The Bertz CT molecular complexity index is 279. The second kappa shape index (κ2) is 7.31. The molecule has 0 spiro atoms. The molecule has 0 radical (unpaired) electrons. The highest BCUT2D eigenvalue weighted by molar-refractivity contribution is 5.69. The summed E-state index contributed by atoms with van der Waals surface area (Å²) in [5.41, 5.74) is 0. The van der Waals surface area contributed by atoms with Gasteiger partial charge < -0.3 is 4.74 Å². The molecule has 0 saturated heterocycles. The van der Waals surface area contributed by atoms with E-state index in [2.05, 4.69) is 13.8 Å². The molecule has 0 bridgehead atoms. The van der Waals surface area contributed by atoms with Gasteiger partial charge >= 0.3 is 5.97 Å². The van der Waals surface area contributed by atoms with Gasteiger partial charge in [-0.1, -0.05) is 52.4 Å². The van der Waals surface area contributed by atoms with Crippen molar-refractivity contribution in [3.8, 4) is 0 Å². The maximum atomic E-state index is 11.9. The van der Waals surface area contributed by atoms with Crippen LogP contribution in [0.2, 0.25) is 0 Å². The van der Waals surface area contributed by atoms with Crippen molar-refractivity contribution in [1.29, 1.82) is 0 Å². The Morgan fingerprint density at radius 1 is 1.00 bits per heavy atom. The molecule has 2 aliphatic rings. The Kier molecular flexibility index (Phi) is 5.72. The molecule has 19 heavy (non-hydrogen) atoms. The van der Waals surface area contributed by atoms with Crippen LogP contribution in [0.4, 0.5) is 0 Å². The van der Waals surface area contributed by atoms with E-state index in [4.69, 9.17) is 4.74 Å². The molecule has 0 heterocycles. The summed E-state index contributed by atoms with van der Waals surface area (Å²) in [4.78, 5) is 11.9. The predicted molar refractivity (Wildman–Crippen MR) is 77.9 cm³/mol. The van der Waals surface area contributed by atoms with Gasteiger partial charge in [-0.25, -0.2) is 0 Å². The van der Waals surface area contributed by atoms with Crippen molar-refractivity contribution >= 4 is 5.97 Å². The van der Waals surface area contributed by atoms with Crippen molar-refractivity contribution in [1.82, 2.24) is 0 Å². The molecule has 0 amide bonds. The van der Waals surface area contributed by atoms with Gasteiger partial charge in [-0.2, -0.15) is 0 Å². The van der Waals surface area contributed by atoms with Gasteiger partial charge in [-0.05, 0) is 37.0 Å². The topological polar surface area (TPSA) is 26.3 Å². The minimum absolute atomic E-state index is 0.0303. The molecule has 2 fully saturated rings. The van der Waals surface area contributed by atoms with Crippen LogP contribution >= 0.6 is 0 Å². The molecule has 0 aromatic rings. The third kappa shape index (κ3) is 4.50. The van der Waals surface area contributed by atoms with Crippen LogP contribution in [0, 0.1) is 17.8 Å². The molecule has 0 aromatic heterocycles. The summed E-state index contributed by atoms with van der Waals surface area (Å²) < 4.78 is 5.83. The van der Waals surface area contributed by atoms with E-state index in [-0.39, 0.29) is 12.1 Å². The molecule has 0 unspecified atom stereocenters. The van der Waals surface area contributed by atoms with E-state index >= 15 is 0 Å². The van der Waals surface area contributed by atoms with Gasteiger partial charge in [0.1, 0.15) is 6.10 Å². The number of hydrogen-bond donors (Lipinski definition) is 0. The van der Waals surface area contributed by atoms with Gasteiger partial charge in [0, 0.05) is 6.42 Å².